The molecule has 5 heteroatoms. The fraction of sp³-hybridized carbons (Fsp3) is 0.750. The molecule has 1 saturated heterocycles. The summed E-state index contributed by atoms with van der Waals surface area (Å²) in [6.07, 6.45) is 2.86. The molecule has 13 heavy (non-hydrogen) atoms. The molecule has 0 spiro atoms. The van der Waals surface area contributed by atoms with E-state index in [-0.39, 0.29) is 0 Å². The van der Waals surface area contributed by atoms with Gasteiger partial charge in [-0.1, -0.05) is 22.9 Å². The quantitative estimate of drug-likeness (QED) is 0.765. The predicted molar refractivity (Wildman–Crippen MR) is 58.6 cm³/mol. The van der Waals surface area contributed by atoms with Crippen LogP contribution in [0.25, 0.3) is 0 Å². The predicted octanol–water partition coefficient (Wildman–Crippen LogP) is 2.15. The van der Waals surface area contributed by atoms with Crippen molar-refractivity contribution >= 4 is 32.6 Å². The number of alkyl halides is 1. The molecule has 1 aliphatic rings. The average Bonchev–Trinajstić information content (AvgIpc) is 2.73. The summed E-state index contributed by atoms with van der Waals surface area (Å²) >= 11 is 5.04. The van der Waals surface area contributed by atoms with E-state index >= 15 is 0 Å². The smallest absolute Gasteiger partial charge is 0.204 e. The van der Waals surface area contributed by atoms with Crippen LogP contribution < -0.4 is 4.90 Å². The van der Waals surface area contributed by atoms with Crippen LogP contribution in [0.4, 0.5) is 5.13 Å². The zero-order chi connectivity index (χ0) is 9.31. The van der Waals surface area contributed by atoms with Crippen LogP contribution >= 0.6 is 27.5 Å². The lowest BCUT2D eigenvalue weighted by Crippen LogP contribution is -2.25. The lowest BCUT2D eigenvalue weighted by atomic mass is 9.93. The Morgan fingerprint density at radius 2 is 2.62 bits per heavy atom. The lowest BCUT2D eigenvalue weighted by Gasteiger charge is -2.20. The number of nitrogens with zero attached hydrogens (tertiary/aromatic N) is 3. The highest BCUT2D eigenvalue weighted by atomic mass is 79.9. The van der Waals surface area contributed by atoms with Gasteiger partial charge in [0, 0.05) is 30.0 Å². The SMILES string of the molecule is CC1(CBr)CCN(c2ncns2)C1. The van der Waals surface area contributed by atoms with Gasteiger partial charge >= 0.3 is 0 Å². The van der Waals surface area contributed by atoms with Crippen molar-refractivity contribution < 1.29 is 0 Å². The van der Waals surface area contributed by atoms with Crippen LogP contribution in [0.3, 0.4) is 0 Å². The first-order valence-corrected chi connectivity index (χ1v) is 6.21. The molecule has 2 rings (SSSR count). The second kappa shape index (κ2) is 3.53. The van der Waals surface area contributed by atoms with E-state index in [1.807, 2.05) is 0 Å². The topological polar surface area (TPSA) is 29.0 Å². The van der Waals surface area contributed by atoms with E-state index in [1.54, 1.807) is 6.33 Å². The van der Waals surface area contributed by atoms with Crippen LogP contribution in [0, 0.1) is 5.41 Å². The molecular formula is C8H12BrN3S. The van der Waals surface area contributed by atoms with Crippen LogP contribution in [-0.4, -0.2) is 27.8 Å². The van der Waals surface area contributed by atoms with Crippen molar-refractivity contribution in [1.82, 2.24) is 9.36 Å². The third-order valence-corrected chi connectivity index (χ3v) is 4.58. The number of rotatable bonds is 2. The van der Waals surface area contributed by atoms with Crippen LogP contribution in [0.5, 0.6) is 0 Å². The van der Waals surface area contributed by atoms with Gasteiger partial charge in [-0.05, 0) is 11.8 Å². The summed E-state index contributed by atoms with van der Waals surface area (Å²) in [6.45, 7) is 4.51. The van der Waals surface area contributed by atoms with Gasteiger partial charge in [-0.15, -0.1) is 0 Å². The summed E-state index contributed by atoms with van der Waals surface area (Å²) in [5.41, 5.74) is 0.408. The molecule has 1 unspecified atom stereocenters. The van der Waals surface area contributed by atoms with Crippen molar-refractivity contribution in [3.05, 3.63) is 6.33 Å². The maximum atomic E-state index is 4.22. The Labute approximate surface area is 90.5 Å². The molecule has 0 N–H and O–H groups in total. The molecule has 1 aliphatic heterocycles. The van der Waals surface area contributed by atoms with Crippen molar-refractivity contribution in [2.75, 3.05) is 23.3 Å². The first kappa shape index (κ1) is 9.40. The summed E-state index contributed by atoms with van der Waals surface area (Å²) in [7, 11) is 0. The molecule has 0 aromatic carbocycles. The van der Waals surface area contributed by atoms with Gasteiger partial charge in [-0.3, -0.25) is 0 Å². The number of aromatic nitrogens is 2. The van der Waals surface area contributed by atoms with E-state index in [1.165, 1.54) is 18.0 Å². The summed E-state index contributed by atoms with van der Waals surface area (Å²) in [6, 6.07) is 0. The molecule has 0 amide bonds. The number of anilines is 1. The highest BCUT2D eigenvalue weighted by Crippen LogP contribution is 2.34. The minimum absolute atomic E-state index is 0.408. The number of hydrogen-bond acceptors (Lipinski definition) is 4. The molecule has 0 radical (unpaired) electrons. The van der Waals surface area contributed by atoms with Crippen LogP contribution in [-0.2, 0) is 0 Å². The Morgan fingerprint density at radius 1 is 1.77 bits per heavy atom. The van der Waals surface area contributed by atoms with Crippen molar-refractivity contribution in [3.8, 4) is 0 Å². The number of hydrogen-bond donors (Lipinski definition) is 0. The first-order chi connectivity index (χ1) is 6.23. The third kappa shape index (κ3) is 1.86. The molecule has 0 aliphatic carbocycles. The van der Waals surface area contributed by atoms with E-state index in [9.17, 15) is 0 Å². The van der Waals surface area contributed by atoms with E-state index < -0.39 is 0 Å². The van der Waals surface area contributed by atoms with Crippen molar-refractivity contribution in [3.63, 3.8) is 0 Å². The van der Waals surface area contributed by atoms with Crippen molar-refractivity contribution in [1.29, 1.82) is 0 Å². The molecule has 0 saturated carbocycles. The molecule has 0 bridgehead atoms. The number of halogens is 1. The lowest BCUT2D eigenvalue weighted by molar-refractivity contribution is 0.432. The highest BCUT2D eigenvalue weighted by Gasteiger charge is 2.33. The van der Waals surface area contributed by atoms with E-state index in [4.69, 9.17) is 0 Å². The van der Waals surface area contributed by atoms with Gasteiger partial charge in [-0.25, -0.2) is 4.98 Å². The maximum absolute atomic E-state index is 4.22. The van der Waals surface area contributed by atoms with Gasteiger partial charge in [0.1, 0.15) is 6.33 Å². The molecule has 72 valence electrons. The molecule has 3 nitrogen and oxygen atoms in total. The van der Waals surface area contributed by atoms with Crippen LogP contribution in [0.1, 0.15) is 13.3 Å². The van der Waals surface area contributed by atoms with Gasteiger partial charge in [-0.2, -0.15) is 4.37 Å². The fourth-order valence-corrected chi connectivity index (χ4v) is 2.61. The second-order valence-electron chi connectivity index (χ2n) is 3.84. The molecular weight excluding hydrogens is 250 g/mol. The molecule has 1 fully saturated rings. The summed E-state index contributed by atoms with van der Waals surface area (Å²) in [5.74, 6) is 0. The van der Waals surface area contributed by atoms with Crippen molar-refractivity contribution in [2.45, 2.75) is 13.3 Å². The summed E-state index contributed by atoms with van der Waals surface area (Å²) in [5, 5.41) is 2.12. The van der Waals surface area contributed by atoms with Gasteiger partial charge < -0.3 is 4.90 Å². The highest BCUT2D eigenvalue weighted by molar-refractivity contribution is 9.09. The van der Waals surface area contributed by atoms with Crippen LogP contribution in [0.2, 0.25) is 0 Å². The standard InChI is InChI=1S/C8H12BrN3S/c1-8(4-9)2-3-12(5-8)7-10-6-11-13-7/h6H,2-5H2,1H3. The zero-order valence-electron chi connectivity index (χ0n) is 7.53. The van der Waals surface area contributed by atoms with Crippen LogP contribution in [0.15, 0.2) is 6.33 Å². The third-order valence-electron chi connectivity index (χ3n) is 2.50. The van der Waals surface area contributed by atoms with E-state index in [2.05, 4.69) is 37.1 Å². The minimum Gasteiger partial charge on any atom is -0.346 e. The minimum atomic E-state index is 0.408. The average molecular weight is 262 g/mol. The van der Waals surface area contributed by atoms with Gasteiger partial charge in [0.15, 0.2) is 0 Å². The van der Waals surface area contributed by atoms with Gasteiger partial charge in [0.25, 0.3) is 0 Å². The fourth-order valence-electron chi connectivity index (χ4n) is 1.60. The van der Waals surface area contributed by atoms with Gasteiger partial charge in [0.05, 0.1) is 0 Å². The van der Waals surface area contributed by atoms with E-state index in [0.717, 1.165) is 23.6 Å². The Kier molecular flexibility index (Phi) is 2.55. The van der Waals surface area contributed by atoms with E-state index in [0.29, 0.717) is 5.41 Å². The Balaban J connectivity index is 2.07. The normalized spacial score (nSPS) is 28.3. The Morgan fingerprint density at radius 3 is 3.15 bits per heavy atom. The summed E-state index contributed by atoms with van der Waals surface area (Å²) < 4.78 is 4.02. The summed E-state index contributed by atoms with van der Waals surface area (Å²) in [4.78, 5) is 6.53. The molecule has 1 aromatic rings. The first-order valence-electron chi connectivity index (χ1n) is 4.31. The Hall–Kier alpha value is -0.160. The van der Waals surface area contributed by atoms with Crippen molar-refractivity contribution in [2.24, 2.45) is 5.41 Å². The molecule has 1 aromatic heterocycles. The molecule has 2 heterocycles. The van der Waals surface area contributed by atoms with Gasteiger partial charge in [0.2, 0.25) is 5.13 Å². The largest absolute Gasteiger partial charge is 0.346 e. The Bertz CT molecular complexity index is 277. The zero-order valence-corrected chi connectivity index (χ0v) is 9.94. The second-order valence-corrected chi connectivity index (χ2v) is 5.16. The maximum Gasteiger partial charge on any atom is 0.204 e. The molecule has 1 atom stereocenters. The monoisotopic (exact) mass is 261 g/mol.